The fraction of sp³-hybridized carbons (Fsp3) is 0.930. The number of hydrogen-bond acceptors (Lipinski definition) is 6. The summed E-state index contributed by atoms with van der Waals surface area (Å²) in [5.41, 5.74) is 0. The van der Waals surface area contributed by atoms with E-state index in [-0.39, 0.29) is 31.1 Å². The SMILES string of the molecule is CCCCCCCCCCCCCCC(=O)O[C@H](COC(=O)CCCCCCCCCC(C)C)COC(=O)CCCCCCCCC(C)C. The minimum absolute atomic E-state index is 0.0669. The smallest absolute Gasteiger partial charge is 0.306 e. The molecular weight excluding hydrogens is 612 g/mol. The fourth-order valence-electron chi connectivity index (χ4n) is 6.22. The van der Waals surface area contributed by atoms with Gasteiger partial charge < -0.3 is 14.2 Å². The van der Waals surface area contributed by atoms with Crippen LogP contribution in [0.5, 0.6) is 0 Å². The standard InChI is InChI=1S/C43H82O6/c1-6-7-8-9-10-11-12-13-14-17-25-30-35-43(46)49-40(37-48-42(45)34-29-24-20-19-22-27-32-39(4)5)36-47-41(44)33-28-23-18-15-16-21-26-31-38(2)3/h38-40H,6-37H2,1-5H3/t40-/m1/s1. The maximum absolute atomic E-state index is 12.6. The van der Waals surface area contributed by atoms with Crippen LogP contribution in [0.3, 0.4) is 0 Å². The number of esters is 3. The molecule has 0 rings (SSSR count). The van der Waals surface area contributed by atoms with E-state index in [0.717, 1.165) is 69.6 Å². The van der Waals surface area contributed by atoms with E-state index in [9.17, 15) is 14.4 Å². The van der Waals surface area contributed by atoms with Crippen molar-refractivity contribution in [1.82, 2.24) is 0 Å². The second-order valence-corrected chi connectivity index (χ2v) is 15.6. The van der Waals surface area contributed by atoms with Crippen molar-refractivity contribution in [3.8, 4) is 0 Å². The molecule has 0 bridgehead atoms. The number of carbonyl (C=O) groups excluding carboxylic acids is 3. The normalized spacial score (nSPS) is 12.1. The Labute approximate surface area is 304 Å². The van der Waals surface area contributed by atoms with Gasteiger partial charge in [0.1, 0.15) is 13.2 Å². The second kappa shape index (κ2) is 36.2. The molecule has 0 aliphatic heterocycles. The second-order valence-electron chi connectivity index (χ2n) is 15.6. The molecule has 0 aromatic heterocycles. The van der Waals surface area contributed by atoms with Crippen molar-refractivity contribution in [2.45, 2.75) is 233 Å². The van der Waals surface area contributed by atoms with Crippen molar-refractivity contribution in [3.05, 3.63) is 0 Å². The lowest BCUT2D eigenvalue weighted by Crippen LogP contribution is -2.30. The Bertz CT molecular complexity index is 749. The highest BCUT2D eigenvalue weighted by Gasteiger charge is 2.19. The molecule has 6 nitrogen and oxygen atoms in total. The first-order valence-corrected chi connectivity index (χ1v) is 21.2. The van der Waals surface area contributed by atoms with E-state index in [1.165, 1.54) is 116 Å². The predicted molar refractivity (Wildman–Crippen MR) is 206 cm³/mol. The zero-order chi connectivity index (χ0) is 36.2. The Morgan fingerprint density at radius 2 is 0.673 bits per heavy atom. The third kappa shape index (κ3) is 37.5. The van der Waals surface area contributed by atoms with Gasteiger partial charge in [0.25, 0.3) is 0 Å². The van der Waals surface area contributed by atoms with E-state index in [4.69, 9.17) is 14.2 Å². The minimum Gasteiger partial charge on any atom is -0.462 e. The van der Waals surface area contributed by atoms with Crippen molar-refractivity contribution < 1.29 is 28.6 Å². The number of rotatable bonds is 37. The third-order valence-corrected chi connectivity index (χ3v) is 9.47. The first kappa shape index (κ1) is 47.4. The molecule has 1 atom stereocenters. The van der Waals surface area contributed by atoms with E-state index in [2.05, 4.69) is 34.6 Å². The molecule has 0 aliphatic rings. The maximum Gasteiger partial charge on any atom is 0.306 e. The molecule has 0 unspecified atom stereocenters. The van der Waals surface area contributed by atoms with Crippen LogP contribution in [0, 0.1) is 11.8 Å². The number of carbonyl (C=O) groups is 3. The summed E-state index contributed by atoms with van der Waals surface area (Å²) in [6, 6.07) is 0. The van der Waals surface area contributed by atoms with Gasteiger partial charge in [0, 0.05) is 19.3 Å². The summed E-state index contributed by atoms with van der Waals surface area (Å²) in [5.74, 6) is 0.676. The summed E-state index contributed by atoms with van der Waals surface area (Å²) in [6.45, 7) is 11.2. The molecule has 0 spiro atoms. The number of hydrogen-bond donors (Lipinski definition) is 0. The Hall–Kier alpha value is -1.59. The van der Waals surface area contributed by atoms with Crippen LogP contribution in [0.1, 0.15) is 227 Å². The van der Waals surface area contributed by atoms with Crippen molar-refractivity contribution in [2.24, 2.45) is 11.8 Å². The summed E-state index contributed by atoms with van der Waals surface area (Å²) >= 11 is 0. The lowest BCUT2D eigenvalue weighted by Gasteiger charge is -2.18. The molecule has 0 radical (unpaired) electrons. The molecule has 0 aromatic rings. The lowest BCUT2D eigenvalue weighted by atomic mass is 10.0. The molecule has 0 fully saturated rings. The van der Waals surface area contributed by atoms with Crippen LogP contribution in [0.2, 0.25) is 0 Å². The van der Waals surface area contributed by atoms with E-state index in [1.54, 1.807) is 0 Å². The van der Waals surface area contributed by atoms with Crippen LogP contribution in [0.15, 0.2) is 0 Å². The first-order chi connectivity index (χ1) is 23.7. The Morgan fingerprint density at radius 1 is 0.388 bits per heavy atom. The predicted octanol–water partition coefficient (Wildman–Crippen LogP) is 13.0. The van der Waals surface area contributed by atoms with Gasteiger partial charge in [-0.25, -0.2) is 0 Å². The number of ether oxygens (including phenoxy) is 3. The molecule has 0 aliphatic carbocycles. The molecule has 0 N–H and O–H groups in total. The molecule has 49 heavy (non-hydrogen) atoms. The fourth-order valence-corrected chi connectivity index (χ4v) is 6.22. The van der Waals surface area contributed by atoms with Crippen LogP contribution in [-0.2, 0) is 28.6 Å². The molecule has 290 valence electrons. The summed E-state index contributed by atoms with van der Waals surface area (Å²) in [6.07, 6.45) is 32.5. The largest absolute Gasteiger partial charge is 0.462 e. The minimum atomic E-state index is -0.760. The van der Waals surface area contributed by atoms with Crippen molar-refractivity contribution in [1.29, 1.82) is 0 Å². The molecular formula is C43H82O6. The van der Waals surface area contributed by atoms with Crippen molar-refractivity contribution >= 4 is 17.9 Å². The summed E-state index contributed by atoms with van der Waals surface area (Å²) < 4.78 is 16.6. The van der Waals surface area contributed by atoms with E-state index in [0.29, 0.717) is 19.3 Å². The third-order valence-electron chi connectivity index (χ3n) is 9.47. The summed E-state index contributed by atoms with van der Waals surface area (Å²) in [7, 11) is 0. The van der Waals surface area contributed by atoms with Gasteiger partial charge in [-0.3, -0.25) is 14.4 Å². The van der Waals surface area contributed by atoms with Crippen LogP contribution in [0.4, 0.5) is 0 Å². The van der Waals surface area contributed by atoms with Gasteiger partial charge in [-0.1, -0.05) is 189 Å². The molecule has 0 heterocycles. The molecule has 0 amide bonds. The quantitative estimate of drug-likeness (QED) is 0.0366. The van der Waals surface area contributed by atoms with Gasteiger partial charge in [0.2, 0.25) is 0 Å². The average Bonchev–Trinajstić information content (AvgIpc) is 3.06. The molecule has 0 saturated carbocycles. The van der Waals surface area contributed by atoms with Gasteiger partial charge in [0.05, 0.1) is 0 Å². The van der Waals surface area contributed by atoms with Crippen LogP contribution < -0.4 is 0 Å². The average molecular weight is 695 g/mol. The van der Waals surface area contributed by atoms with E-state index in [1.807, 2.05) is 0 Å². The zero-order valence-electron chi connectivity index (χ0n) is 33.3. The molecule has 6 heteroatoms. The summed E-state index contributed by atoms with van der Waals surface area (Å²) in [4.78, 5) is 37.5. The topological polar surface area (TPSA) is 78.9 Å². The Balaban J connectivity index is 4.35. The van der Waals surface area contributed by atoms with Gasteiger partial charge in [0.15, 0.2) is 6.10 Å². The van der Waals surface area contributed by atoms with Crippen molar-refractivity contribution in [2.75, 3.05) is 13.2 Å². The maximum atomic E-state index is 12.6. The molecule has 0 saturated heterocycles. The highest BCUT2D eigenvalue weighted by atomic mass is 16.6. The van der Waals surface area contributed by atoms with Gasteiger partial charge in [-0.05, 0) is 31.1 Å². The van der Waals surface area contributed by atoms with Crippen molar-refractivity contribution in [3.63, 3.8) is 0 Å². The lowest BCUT2D eigenvalue weighted by molar-refractivity contribution is -0.167. The Kier molecular flexibility index (Phi) is 35.0. The first-order valence-electron chi connectivity index (χ1n) is 21.2. The number of unbranched alkanes of at least 4 members (excludes halogenated alkanes) is 22. The monoisotopic (exact) mass is 695 g/mol. The van der Waals surface area contributed by atoms with Gasteiger partial charge in [-0.2, -0.15) is 0 Å². The highest BCUT2D eigenvalue weighted by Crippen LogP contribution is 2.16. The van der Waals surface area contributed by atoms with E-state index < -0.39 is 6.10 Å². The van der Waals surface area contributed by atoms with Gasteiger partial charge >= 0.3 is 17.9 Å². The van der Waals surface area contributed by atoms with Crippen LogP contribution in [0.25, 0.3) is 0 Å². The van der Waals surface area contributed by atoms with Gasteiger partial charge in [-0.15, -0.1) is 0 Å². The molecule has 0 aromatic carbocycles. The summed E-state index contributed by atoms with van der Waals surface area (Å²) in [5, 5.41) is 0. The van der Waals surface area contributed by atoms with E-state index >= 15 is 0 Å². The Morgan fingerprint density at radius 3 is 1.00 bits per heavy atom. The highest BCUT2D eigenvalue weighted by molar-refractivity contribution is 5.71. The van der Waals surface area contributed by atoms with Crippen LogP contribution in [-0.4, -0.2) is 37.2 Å². The van der Waals surface area contributed by atoms with Crippen LogP contribution >= 0.6 is 0 Å². The zero-order valence-corrected chi connectivity index (χ0v) is 33.3.